The number of ketones is 1. The van der Waals surface area contributed by atoms with Gasteiger partial charge in [-0.3, -0.25) is 9.59 Å². The van der Waals surface area contributed by atoms with Crippen LogP contribution in [-0.2, 0) is 17.4 Å². The van der Waals surface area contributed by atoms with Crippen LogP contribution in [0.15, 0.2) is 24.3 Å². The van der Waals surface area contributed by atoms with E-state index in [0.717, 1.165) is 12.1 Å². The molecule has 2 rings (SSSR count). The quantitative estimate of drug-likeness (QED) is 0.597. The molecule has 1 heterocycles. The van der Waals surface area contributed by atoms with Crippen molar-refractivity contribution in [2.45, 2.75) is 12.6 Å². The molecule has 0 atom stereocenters. The predicted octanol–water partition coefficient (Wildman–Crippen LogP) is 2.77. The van der Waals surface area contributed by atoms with E-state index in [1.165, 1.54) is 12.1 Å². The molecule has 25 heavy (non-hydrogen) atoms. The van der Waals surface area contributed by atoms with Crippen molar-refractivity contribution in [1.29, 1.82) is 0 Å². The maximum Gasteiger partial charge on any atom is 0.416 e. The second kappa shape index (κ2) is 7.47. The Morgan fingerprint density at radius 3 is 2.68 bits per heavy atom. The van der Waals surface area contributed by atoms with Crippen molar-refractivity contribution in [2.24, 2.45) is 0 Å². The molecule has 3 N–H and O–H groups in total. The van der Waals surface area contributed by atoms with E-state index in [1.807, 2.05) is 0 Å². The van der Waals surface area contributed by atoms with Crippen molar-refractivity contribution in [3.63, 3.8) is 0 Å². The molecule has 0 aliphatic rings. The first-order valence-corrected chi connectivity index (χ1v) is 7.28. The van der Waals surface area contributed by atoms with Crippen LogP contribution in [0.3, 0.4) is 0 Å². The molecular formula is C15H12ClF3N4O2. The summed E-state index contributed by atoms with van der Waals surface area (Å²) in [6, 6.07) is 4.49. The van der Waals surface area contributed by atoms with Gasteiger partial charge < -0.3 is 11.1 Å². The summed E-state index contributed by atoms with van der Waals surface area (Å²) in [6.45, 7) is -0.274. The minimum Gasteiger partial charge on any atom is -0.368 e. The molecule has 132 valence electrons. The van der Waals surface area contributed by atoms with Gasteiger partial charge in [0.15, 0.2) is 12.1 Å². The van der Waals surface area contributed by atoms with E-state index in [4.69, 9.17) is 17.3 Å². The highest BCUT2D eigenvalue weighted by Gasteiger charge is 2.30. The zero-order chi connectivity index (χ0) is 18.6. The lowest BCUT2D eigenvalue weighted by Gasteiger charge is -2.10. The second-order valence-corrected chi connectivity index (χ2v) is 5.38. The number of rotatable bonds is 6. The molecule has 0 radical (unpaired) electrons. The summed E-state index contributed by atoms with van der Waals surface area (Å²) in [5.74, 6) is -0.627. The van der Waals surface area contributed by atoms with Gasteiger partial charge in [-0.2, -0.15) is 18.2 Å². The molecule has 0 aliphatic heterocycles. The van der Waals surface area contributed by atoms with Gasteiger partial charge in [0.2, 0.25) is 5.95 Å². The van der Waals surface area contributed by atoms with E-state index in [1.54, 1.807) is 0 Å². The molecule has 0 fully saturated rings. The van der Waals surface area contributed by atoms with E-state index in [-0.39, 0.29) is 41.0 Å². The maximum absolute atomic E-state index is 12.7. The molecule has 0 saturated heterocycles. The number of aldehydes is 1. The number of anilines is 2. The second-order valence-electron chi connectivity index (χ2n) is 5.02. The van der Waals surface area contributed by atoms with Gasteiger partial charge in [-0.05, 0) is 11.6 Å². The molecule has 2 aromatic rings. The number of nitrogens with one attached hydrogen (secondary N) is 1. The van der Waals surface area contributed by atoms with Crippen molar-refractivity contribution in [1.82, 2.24) is 9.97 Å². The Bertz CT molecular complexity index is 812. The number of halogens is 4. The molecule has 0 unspecified atom stereocenters. The summed E-state index contributed by atoms with van der Waals surface area (Å²) in [5, 5.41) is 2.42. The van der Waals surface area contributed by atoms with Crippen LogP contribution in [0.2, 0.25) is 5.15 Å². The zero-order valence-electron chi connectivity index (χ0n) is 12.6. The number of aromatic nitrogens is 2. The van der Waals surface area contributed by atoms with Crippen molar-refractivity contribution in [3.05, 3.63) is 46.1 Å². The maximum atomic E-state index is 12.7. The molecule has 6 nitrogen and oxygen atoms in total. The van der Waals surface area contributed by atoms with Crippen molar-refractivity contribution < 1.29 is 22.8 Å². The Morgan fingerprint density at radius 2 is 2.04 bits per heavy atom. The van der Waals surface area contributed by atoms with Crippen LogP contribution in [0.25, 0.3) is 0 Å². The van der Waals surface area contributed by atoms with Gasteiger partial charge in [-0.15, -0.1) is 0 Å². The lowest BCUT2D eigenvalue weighted by molar-refractivity contribution is -0.137. The number of carbonyl (C=O) groups excluding carboxylic acids is 2. The average Bonchev–Trinajstić information content (AvgIpc) is 2.52. The first-order chi connectivity index (χ1) is 11.7. The molecule has 1 aromatic heterocycles. The summed E-state index contributed by atoms with van der Waals surface area (Å²) in [5.41, 5.74) is 4.74. The highest BCUT2D eigenvalue weighted by atomic mass is 35.5. The van der Waals surface area contributed by atoms with Crippen LogP contribution in [-0.4, -0.2) is 28.6 Å². The number of nitrogens with two attached hydrogens (primary N) is 1. The molecule has 0 bridgehead atoms. The van der Waals surface area contributed by atoms with Crippen LogP contribution in [0, 0.1) is 0 Å². The van der Waals surface area contributed by atoms with Crippen LogP contribution in [0.5, 0.6) is 0 Å². The number of alkyl halides is 3. The monoisotopic (exact) mass is 372 g/mol. The minimum absolute atomic E-state index is 0.0232. The van der Waals surface area contributed by atoms with Crippen molar-refractivity contribution >= 4 is 35.4 Å². The third kappa shape index (κ3) is 4.90. The van der Waals surface area contributed by atoms with Gasteiger partial charge in [0.25, 0.3) is 0 Å². The summed E-state index contributed by atoms with van der Waals surface area (Å²) in [4.78, 5) is 30.3. The van der Waals surface area contributed by atoms with Gasteiger partial charge in [0.1, 0.15) is 11.0 Å². The third-order valence-electron chi connectivity index (χ3n) is 3.14. The Kier molecular flexibility index (Phi) is 5.58. The normalized spacial score (nSPS) is 11.2. The number of hydrogen-bond donors (Lipinski definition) is 2. The van der Waals surface area contributed by atoms with Crippen LogP contribution >= 0.6 is 11.6 Å². The Labute approximate surface area is 145 Å². The topological polar surface area (TPSA) is 98.0 Å². The largest absolute Gasteiger partial charge is 0.416 e. The molecule has 0 spiro atoms. The van der Waals surface area contributed by atoms with Gasteiger partial charge in [-0.25, -0.2) is 4.98 Å². The van der Waals surface area contributed by atoms with E-state index in [0.29, 0.717) is 6.29 Å². The Hall–Kier alpha value is -2.68. The van der Waals surface area contributed by atoms with E-state index < -0.39 is 17.5 Å². The van der Waals surface area contributed by atoms with Gasteiger partial charge >= 0.3 is 6.18 Å². The number of nitrogen functional groups attached to an aromatic ring is 1. The molecule has 0 aliphatic carbocycles. The highest BCUT2D eigenvalue weighted by Crippen LogP contribution is 2.29. The lowest BCUT2D eigenvalue weighted by atomic mass is 10.1. The number of Topliss-reactive ketones (excluding diaryl/α,β-unsaturated/α-hetero) is 1. The average molecular weight is 373 g/mol. The summed E-state index contributed by atoms with van der Waals surface area (Å²) in [6.07, 6.45) is -4.30. The minimum atomic E-state index is -4.48. The number of hydrogen-bond acceptors (Lipinski definition) is 6. The van der Waals surface area contributed by atoms with E-state index >= 15 is 0 Å². The zero-order valence-corrected chi connectivity index (χ0v) is 13.4. The van der Waals surface area contributed by atoms with Crippen molar-refractivity contribution in [2.75, 3.05) is 17.6 Å². The van der Waals surface area contributed by atoms with Crippen LogP contribution in [0.1, 0.15) is 21.5 Å². The molecule has 10 heteroatoms. The highest BCUT2D eigenvalue weighted by molar-refractivity contribution is 6.32. The lowest BCUT2D eigenvalue weighted by Crippen LogP contribution is -2.18. The smallest absolute Gasteiger partial charge is 0.368 e. The Balaban J connectivity index is 2.06. The SMILES string of the molecule is Nc1nc(Cl)c(C=O)c(NCC(=O)Cc2cccc(C(F)(F)F)c2)n1. The fourth-order valence-corrected chi connectivity index (χ4v) is 2.25. The van der Waals surface area contributed by atoms with Crippen LogP contribution < -0.4 is 11.1 Å². The van der Waals surface area contributed by atoms with E-state index in [2.05, 4.69) is 15.3 Å². The Morgan fingerprint density at radius 1 is 1.32 bits per heavy atom. The van der Waals surface area contributed by atoms with Gasteiger partial charge in [0, 0.05) is 6.42 Å². The molecule has 0 amide bonds. The predicted molar refractivity (Wildman–Crippen MR) is 85.5 cm³/mol. The van der Waals surface area contributed by atoms with E-state index in [9.17, 15) is 22.8 Å². The summed E-state index contributed by atoms with van der Waals surface area (Å²) in [7, 11) is 0. The van der Waals surface area contributed by atoms with Crippen molar-refractivity contribution in [3.8, 4) is 0 Å². The summed E-state index contributed by atoms with van der Waals surface area (Å²) < 4.78 is 38.0. The third-order valence-corrected chi connectivity index (χ3v) is 3.43. The number of carbonyl (C=O) groups is 2. The standard InChI is InChI=1S/C15H12ClF3N4O2/c16-12-11(7-24)13(23-14(20)22-12)21-6-10(25)5-8-2-1-3-9(4-8)15(17,18)19/h1-4,7H,5-6H2,(H3,20,21,22,23). The molecular weight excluding hydrogens is 361 g/mol. The van der Waals surface area contributed by atoms with Gasteiger partial charge in [0.05, 0.1) is 17.7 Å². The van der Waals surface area contributed by atoms with Crippen LogP contribution in [0.4, 0.5) is 24.9 Å². The van der Waals surface area contributed by atoms with Gasteiger partial charge in [-0.1, -0.05) is 29.8 Å². The number of benzene rings is 1. The molecule has 0 saturated carbocycles. The first kappa shape index (κ1) is 18.7. The number of nitrogens with zero attached hydrogens (tertiary/aromatic N) is 2. The first-order valence-electron chi connectivity index (χ1n) is 6.90. The fraction of sp³-hybridized carbons (Fsp3) is 0.200. The summed E-state index contributed by atoms with van der Waals surface area (Å²) >= 11 is 5.75. The molecule has 1 aromatic carbocycles. The fourth-order valence-electron chi connectivity index (χ4n) is 2.03.